The number of guanidine groups is 1. The van der Waals surface area contributed by atoms with Crippen molar-refractivity contribution in [2.24, 2.45) is 4.99 Å². The number of carbonyl (C=O) groups is 1. The predicted octanol–water partition coefficient (Wildman–Crippen LogP) is 3.18. The number of para-hydroxylation sites is 1. The molecule has 0 aromatic heterocycles. The maximum atomic E-state index is 13.2. The van der Waals surface area contributed by atoms with Crippen LogP contribution in [0.5, 0.6) is 0 Å². The Bertz CT molecular complexity index is 710. The minimum atomic E-state index is -0.240. The summed E-state index contributed by atoms with van der Waals surface area (Å²) >= 11 is 0. The van der Waals surface area contributed by atoms with Gasteiger partial charge < -0.3 is 16.0 Å². The van der Waals surface area contributed by atoms with Crippen LogP contribution in [0.3, 0.4) is 0 Å². The van der Waals surface area contributed by atoms with Gasteiger partial charge in [-0.05, 0) is 43.2 Å². The van der Waals surface area contributed by atoms with E-state index in [0.717, 1.165) is 11.3 Å². The highest BCUT2D eigenvalue weighted by atomic mass is 127. The van der Waals surface area contributed by atoms with Gasteiger partial charge in [-0.15, -0.1) is 24.0 Å². The van der Waals surface area contributed by atoms with E-state index in [9.17, 15) is 9.18 Å². The molecule has 0 fully saturated rings. The maximum absolute atomic E-state index is 13.2. The van der Waals surface area contributed by atoms with Gasteiger partial charge in [0, 0.05) is 18.8 Å². The van der Waals surface area contributed by atoms with Crippen LogP contribution in [-0.4, -0.2) is 31.5 Å². The van der Waals surface area contributed by atoms with E-state index in [0.29, 0.717) is 25.5 Å². The molecule has 7 heteroatoms. The van der Waals surface area contributed by atoms with Crippen LogP contribution in [-0.2, 0) is 11.2 Å². The van der Waals surface area contributed by atoms with Crippen molar-refractivity contribution < 1.29 is 9.18 Å². The number of carbonyl (C=O) groups excluding carboxylic acids is 1. The summed E-state index contributed by atoms with van der Waals surface area (Å²) in [6.45, 7) is 3.25. The van der Waals surface area contributed by atoms with Crippen molar-refractivity contribution in [3.05, 3.63) is 66.0 Å². The zero-order valence-electron chi connectivity index (χ0n) is 14.7. The fourth-order valence-corrected chi connectivity index (χ4v) is 2.23. The quantitative estimate of drug-likeness (QED) is 0.331. The summed E-state index contributed by atoms with van der Waals surface area (Å²) in [5, 5.41) is 9.01. The minimum absolute atomic E-state index is 0. The number of nitrogens with one attached hydrogen (secondary N) is 3. The number of hydrogen-bond donors (Lipinski definition) is 3. The molecule has 3 N–H and O–H groups in total. The molecular weight excluding hydrogens is 446 g/mol. The van der Waals surface area contributed by atoms with Crippen molar-refractivity contribution in [1.29, 1.82) is 0 Å². The highest BCUT2D eigenvalue weighted by molar-refractivity contribution is 14.0. The van der Waals surface area contributed by atoms with Gasteiger partial charge >= 0.3 is 0 Å². The van der Waals surface area contributed by atoms with E-state index in [1.165, 1.54) is 12.1 Å². The Morgan fingerprint density at radius 1 is 1.08 bits per heavy atom. The Morgan fingerprint density at radius 2 is 1.85 bits per heavy atom. The van der Waals surface area contributed by atoms with Crippen LogP contribution in [0.15, 0.2) is 59.6 Å². The van der Waals surface area contributed by atoms with E-state index in [-0.39, 0.29) is 42.2 Å². The van der Waals surface area contributed by atoms with Gasteiger partial charge in [0.05, 0.1) is 0 Å². The Kier molecular flexibility index (Phi) is 10.3. The number of halogens is 2. The van der Waals surface area contributed by atoms with Crippen molar-refractivity contribution in [1.82, 2.24) is 10.6 Å². The third-order valence-corrected chi connectivity index (χ3v) is 3.38. The lowest BCUT2D eigenvalue weighted by atomic mass is 10.1. The summed E-state index contributed by atoms with van der Waals surface area (Å²) in [5.41, 5.74) is 1.65. The molecular formula is C19H24FIN4O. The predicted molar refractivity (Wildman–Crippen MR) is 115 cm³/mol. The molecule has 5 nitrogen and oxygen atoms in total. The second-order valence-corrected chi connectivity index (χ2v) is 5.42. The number of benzene rings is 2. The molecule has 0 aliphatic carbocycles. The Labute approximate surface area is 170 Å². The monoisotopic (exact) mass is 470 g/mol. The van der Waals surface area contributed by atoms with E-state index < -0.39 is 0 Å². The van der Waals surface area contributed by atoms with Crippen molar-refractivity contribution in [2.45, 2.75) is 13.3 Å². The number of hydrogen-bond acceptors (Lipinski definition) is 2. The number of nitrogens with zero attached hydrogens (tertiary/aromatic N) is 1. The zero-order valence-corrected chi connectivity index (χ0v) is 17.0. The van der Waals surface area contributed by atoms with Gasteiger partial charge in [0.2, 0.25) is 5.91 Å². The molecule has 140 valence electrons. The molecule has 0 spiro atoms. The van der Waals surface area contributed by atoms with Gasteiger partial charge in [-0.25, -0.2) is 9.38 Å². The fourth-order valence-electron chi connectivity index (χ4n) is 2.23. The molecule has 0 bridgehead atoms. The van der Waals surface area contributed by atoms with Crippen molar-refractivity contribution >= 4 is 41.5 Å². The highest BCUT2D eigenvalue weighted by Gasteiger charge is 2.03. The molecule has 0 unspecified atom stereocenters. The van der Waals surface area contributed by atoms with Gasteiger partial charge in [-0.1, -0.05) is 30.3 Å². The third kappa shape index (κ3) is 8.28. The van der Waals surface area contributed by atoms with Crippen LogP contribution < -0.4 is 16.0 Å². The van der Waals surface area contributed by atoms with Crippen molar-refractivity contribution in [3.8, 4) is 0 Å². The molecule has 0 saturated heterocycles. The van der Waals surface area contributed by atoms with Gasteiger partial charge in [0.15, 0.2) is 5.96 Å². The van der Waals surface area contributed by atoms with Crippen LogP contribution in [0.2, 0.25) is 0 Å². The van der Waals surface area contributed by atoms with Crippen LogP contribution >= 0.6 is 24.0 Å². The first kappa shape index (κ1) is 21.9. The number of amides is 1. The van der Waals surface area contributed by atoms with Gasteiger partial charge in [-0.2, -0.15) is 0 Å². The van der Waals surface area contributed by atoms with Gasteiger partial charge in [-0.3, -0.25) is 4.79 Å². The van der Waals surface area contributed by atoms with E-state index in [1.807, 2.05) is 43.3 Å². The smallest absolute Gasteiger partial charge is 0.246 e. The van der Waals surface area contributed by atoms with Crippen LogP contribution in [0, 0.1) is 5.82 Å². The van der Waals surface area contributed by atoms with Gasteiger partial charge in [0.1, 0.15) is 12.4 Å². The van der Waals surface area contributed by atoms with E-state index in [2.05, 4.69) is 20.9 Å². The molecule has 26 heavy (non-hydrogen) atoms. The van der Waals surface area contributed by atoms with Crippen LogP contribution in [0.1, 0.15) is 12.5 Å². The summed E-state index contributed by atoms with van der Waals surface area (Å²) < 4.78 is 13.2. The maximum Gasteiger partial charge on any atom is 0.246 e. The molecule has 0 aliphatic rings. The summed E-state index contributed by atoms with van der Waals surface area (Å²) in [5.74, 6) is 0.131. The normalized spacial score (nSPS) is 10.6. The van der Waals surface area contributed by atoms with E-state index >= 15 is 0 Å². The average Bonchev–Trinajstić information content (AvgIpc) is 2.60. The lowest BCUT2D eigenvalue weighted by Gasteiger charge is -2.11. The molecule has 0 saturated carbocycles. The topological polar surface area (TPSA) is 65.5 Å². The minimum Gasteiger partial charge on any atom is -0.357 e. The molecule has 2 aromatic carbocycles. The second kappa shape index (κ2) is 12.2. The molecule has 0 atom stereocenters. The Balaban J connectivity index is 0.00000338. The zero-order chi connectivity index (χ0) is 17.9. The highest BCUT2D eigenvalue weighted by Crippen LogP contribution is 2.04. The number of anilines is 1. The summed E-state index contributed by atoms with van der Waals surface area (Å²) in [7, 11) is 0. The fraction of sp³-hybridized carbons (Fsp3) is 0.263. The third-order valence-electron chi connectivity index (χ3n) is 3.38. The lowest BCUT2D eigenvalue weighted by Crippen LogP contribution is -2.39. The molecule has 2 aromatic rings. The standard InChI is InChI=1S/C19H23FN4O.HI/c1-2-21-19(22-12-11-15-7-6-8-16(20)13-15)23-14-18(25)24-17-9-4-3-5-10-17;/h3-10,13H,2,11-12,14H2,1H3,(H,24,25)(H2,21,22,23);1H. The molecule has 0 aliphatic heterocycles. The van der Waals surface area contributed by atoms with Crippen molar-refractivity contribution in [3.63, 3.8) is 0 Å². The van der Waals surface area contributed by atoms with E-state index in [1.54, 1.807) is 6.07 Å². The number of rotatable bonds is 7. The second-order valence-electron chi connectivity index (χ2n) is 5.42. The number of aliphatic imine (C=N–C) groups is 1. The summed E-state index contributed by atoms with van der Waals surface area (Å²) in [4.78, 5) is 16.2. The Morgan fingerprint density at radius 3 is 2.54 bits per heavy atom. The van der Waals surface area contributed by atoms with E-state index in [4.69, 9.17) is 0 Å². The summed E-state index contributed by atoms with van der Waals surface area (Å²) in [6.07, 6.45) is 0.665. The lowest BCUT2D eigenvalue weighted by molar-refractivity contribution is -0.114. The first-order valence-electron chi connectivity index (χ1n) is 8.29. The van der Waals surface area contributed by atoms with Crippen LogP contribution in [0.25, 0.3) is 0 Å². The van der Waals surface area contributed by atoms with Crippen LogP contribution in [0.4, 0.5) is 10.1 Å². The summed E-state index contributed by atoms with van der Waals surface area (Å²) in [6, 6.07) is 15.8. The first-order chi connectivity index (χ1) is 12.2. The SMILES string of the molecule is CCNC(=NCC(=O)Nc1ccccc1)NCCc1cccc(F)c1.I. The van der Waals surface area contributed by atoms with Gasteiger partial charge in [0.25, 0.3) is 0 Å². The molecule has 0 radical (unpaired) electrons. The molecule has 2 rings (SSSR count). The average molecular weight is 470 g/mol. The van der Waals surface area contributed by atoms with Crippen molar-refractivity contribution in [2.75, 3.05) is 25.0 Å². The Hall–Kier alpha value is -2.16. The first-order valence-corrected chi connectivity index (χ1v) is 8.29. The largest absolute Gasteiger partial charge is 0.357 e. The molecule has 1 amide bonds. The molecule has 0 heterocycles.